The van der Waals surface area contributed by atoms with Gasteiger partial charge in [0.05, 0.1) is 10.5 Å². The second-order valence-corrected chi connectivity index (χ2v) is 5.36. The highest BCUT2D eigenvalue weighted by Gasteiger charge is 2.16. The number of nitrogens with one attached hydrogen (secondary N) is 1. The number of amides is 1. The van der Waals surface area contributed by atoms with Crippen molar-refractivity contribution in [1.82, 2.24) is 5.32 Å². The van der Waals surface area contributed by atoms with Gasteiger partial charge in [-0.05, 0) is 12.5 Å². The minimum absolute atomic E-state index is 0.237. The zero-order valence-corrected chi connectivity index (χ0v) is 11.0. The summed E-state index contributed by atoms with van der Waals surface area (Å²) in [5, 5.41) is 13.0. The normalized spacial score (nSPS) is 11.9. The Morgan fingerprint density at radius 3 is 2.79 bits per heavy atom. The van der Waals surface area contributed by atoms with E-state index in [9.17, 15) is 23.5 Å². The fourth-order valence-electron chi connectivity index (χ4n) is 1.37. The molecule has 0 aromatic heterocycles. The first-order valence-corrected chi connectivity index (χ1v) is 7.16. The molecule has 8 heteroatoms. The number of non-ortho nitro benzene ring substituents is 1. The molecule has 0 saturated carbocycles. The van der Waals surface area contributed by atoms with Crippen molar-refractivity contribution in [1.29, 1.82) is 0 Å². The number of nitro groups is 1. The van der Waals surface area contributed by atoms with Gasteiger partial charge in [0.25, 0.3) is 11.6 Å². The van der Waals surface area contributed by atoms with Gasteiger partial charge in [0, 0.05) is 41.5 Å². The van der Waals surface area contributed by atoms with E-state index in [1.165, 1.54) is 0 Å². The first kappa shape index (κ1) is 15.2. The van der Waals surface area contributed by atoms with Gasteiger partial charge in [0.15, 0.2) is 0 Å². The Morgan fingerprint density at radius 1 is 1.53 bits per heavy atom. The van der Waals surface area contributed by atoms with Crippen molar-refractivity contribution in [2.75, 3.05) is 18.6 Å². The monoisotopic (exact) mass is 288 g/mol. The van der Waals surface area contributed by atoms with Gasteiger partial charge >= 0.3 is 0 Å². The summed E-state index contributed by atoms with van der Waals surface area (Å²) in [6, 6.07) is 2.77. The van der Waals surface area contributed by atoms with E-state index >= 15 is 0 Å². The zero-order chi connectivity index (χ0) is 14.4. The van der Waals surface area contributed by atoms with Crippen molar-refractivity contribution in [3.63, 3.8) is 0 Å². The van der Waals surface area contributed by atoms with Crippen LogP contribution in [0.1, 0.15) is 16.8 Å². The lowest BCUT2D eigenvalue weighted by molar-refractivity contribution is -0.384. The van der Waals surface area contributed by atoms with Crippen LogP contribution in [-0.4, -0.2) is 33.6 Å². The molecule has 0 bridgehead atoms. The quantitative estimate of drug-likeness (QED) is 0.484. The van der Waals surface area contributed by atoms with Crippen LogP contribution in [0.2, 0.25) is 0 Å². The highest BCUT2D eigenvalue weighted by atomic mass is 32.2. The molecule has 0 fully saturated rings. The molecule has 1 amide bonds. The SMILES string of the molecule is CS(=O)CCCNC(=O)c1cc([N+](=O)[O-])ccc1F. The fourth-order valence-corrected chi connectivity index (χ4v) is 1.92. The number of hydrogen-bond acceptors (Lipinski definition) is 4. The summed E-state index contributed by atoms with van der Waals surface area (Å²) in [7, 11) is -0.954. The molecular formula is C11H13FN2O4S. The highest BCUT2D eigenvalue weighted by molar-refractivity contribution is 7.84. The van der Waals surface area contributed by atoms with Crippen LogP contribution in [0.3, 0.4) is 0 Å². The molecule has 0 aliphatic carbocycles. The number of nitrogens with zero attached hydrogens (tertiary/aromatic N) is 1. The van der Waals surface area contributed by atoms with Crippen LogP contribution >= 0.6 is 0 Å². The molecule has 0 radical (unpaired) electrons. The second-order valence-electron chi connectivity index (χ2n) is 3.81. The first-order chi connectivity index (χ1) is 8.91. The molecule has 0 spiro atoms. The average Bonchev–Trinajstić information content (AvgIpc) is 2.34. The van der Waals surface area contributed by atoms with Crippen molar-refractivity contribution in [2.24, 2.45) is 0 Å². The van der Waals surface area contributed by atoms with E-state index in [0.717, 1.165) is 18.2 Å². The summed E-state index contributed by atoms with van der Waals surface area (Å²) in [6.45, 7) is 0.237. The lowest BCUT2D eigenvalue weighted by Gasteiger charge is -2.05. The standard InChI is InChI=1S/C11H13FN2O4S/c1-19(18)6-2-5-13-11(15)9-7-8(14(16)17)3-4-10(9)12/h3-4,7H,2,5-6H2,1H3,(H,13,15). The maximum atomic E-state index is 13.4. The van der Waals surface area contributed by atoms with Crippen LogP contribution in [-0.2, 0) is 10.8 Å². The molecule has 1 atom stereocenters. The van der Waals surface area contributed by atoms with Gasteiger partial charge in [0.2, 0.25) is 0 Å². The first-order valence-electron chi connectivity index (χ1n) is 5.44. The molecule has 1 N–H and O–H groups in total. The molecule has 6 nitrogen and oxygen atoms in total. The Hall–Kier alpha value is -1.83. The topological polar surface area (TPSA) is 89.3 Å². The van der Waals surface area contributed by atoms with Gasteiger partial charge in [-0.15, -0.1) is 0 Å². The summed E-state index contributed by atoms with van der Waals surface area (Å²) in [6.07, 6.45) is 2.04. The van der Waals surface area contributed by atoms with Crippen LogP contribution in [0, 0.1) is 15.9 Å². The van der Waals surface area contributed by atoms with Crippen molar-refractivity contribution in [2.45, 2.75) is 6.42 Å². The number of carbonyl (C=O) groups excluding carboxylic acids is 1. The fraction of sp³-hybridized carbons (Fsp3) is 0.364. The molecule has 0 saturated heterocycles. The van der Waals surface area contributed by atoms with Gasteiger partial charge in [-0.2, -0.15) is 0 Å². The molecule has 104 valence electrons. The molecule has 1 rings (SSSR count). The second kappa shape index (κ2) is 6.93. The number of halogens is 1. The maximum Gasteiger partial charge on any atom is 0.270 e. The van der Waals surface area contributed by atoms with Gasteiger partial charge in [-0.1, -0.05) is 0 Å². The van der Waals surface area contributed by atoms with Crippen LogP contribution in [0.25, 0.3) is 0 Å². The van der Waals surface area contributed by atoms with Gasteiger partial charge < -0.3 is 5.32 Å². The zero-order valence-electron chi connectivity index (χ0n) is 10.2. The van der Waals surface area contributed by atoms with E-state index < -0.39 is 27.4 Å². The van der Waals surface area contributed by atoms with Crippen molar-refractivity contribution < 1.29 is 18.3 Å². The number of nitro benzene ring substituents is 1. The van der Waals surface area contributed by atoms with Gasteiger partial charge in [-0.25, -0.2) is 4.39 Å². The van der Waals surface area contributed by atoms with E-state index in [2.05, 4.69) is 5.32 Å². The van der Waals surface area contributed by atoms with Crippen LogP contribution in [0.15, 0.2) is 18.2 Å². The predicted octanol–water partition coefficient (Wildman–Crippen LogP) is 1.23. The van der Waals surface area contributed by atoms with Gasteiger partial charge in [-0.3, -0.25) is 19.1 Å². The summed E-state index contributed by atoms with van der Waals surface area (Å²) in [5.74, 6) is -1.11. The number of hydrogen-bond donors (Lipinski definition) is 1. The molecular weight excluding hydrogens is 275 g/mol. The predicted molar refractivity (Wildman–Crippen MR) is 68.9 cm³/mol. The largest absolute Gasteiger partial charge is 0.352 e. The lowest BCUT2D eigenvalue weighted by Crippen LogP contribution is -2.26. The minimum Gasteiger partial charge on any atom is -0.352 e. The molecule has 0 aliphatic heterocycles. The van der Waals surface area contributed by atoms with Crippen LogP contribution in [0.4, 0.5) is 10.1 Å². The number of rotatable bonds is 6. The van der Waals surface area contributed by atoms with Crippen LogP contribution < -0.4 is 5.32 Å². The van der Waals surface area contributed by atoms with E-state index in [1.807, 2.05) is 0 Å². The summed E-state index contributed by atoms with van der Waals surface area (Å²) >= 11 is 0. The van der Waals surface area contributed by atoms with Crippen molar-refractivity contribution >= 4 is 22.4 Å². The van der Waals surface area contributed by atoms with E-state index in [-0.39, 0.29) is 17.8 Å². The Balaban J connectivity index is 2.68. The number of carbonyl (C=O) groups is 1. The molecule has 1 unspecified atom stereocenters. The van der Waals surface area contributed by atoms with Gasteiger partial charge in [0.1, 0.15) is 5.82 Å². The highest BCUT2D eigenvalue weighted by Crippen LogP contribution is 2.16. The molecule has 0 aliphatic rings. The van der Waals surface area contributed by atoms with E-state index in [1.54, 1.807) is 6.26 Å². The lowest BCUT2D eigenvalue weighted by atomic mass is 10.1. The van der Waals surface area contributed by atoms with Crippen molar-refractivity contribution in [3.05, 3.63) is 39.7 Å². The molecule has 0 heterocycles. The third-order valence-electron chi connectivity index (χ3n) is 2.30. The number of benzene rings is 1. The minimum atomic E-state index is -0.954. The third kappa shape index (κ3) is 4.74. The Bertz CT molecular complexity index is 521. The molecule has 1 aromatic rings. The Kier molecular flexibility index (Phi) is 5.56. The van der Waals surface area contributed by atoms with E-state index in [4.69, 9.17) is 0 Å². The molecule has 19 heavy (non-hydrogen) atoms. The summed E-state index contributed by atoms with van der Waals surface area (Å²) < 4.78 is 24.2. The van der Waals surface area contributed by atoms with Crippen molar-refractivity contribution in [3.8, 4) is 0 Å². The Labute approximate surface area is 111 Å². The van der Waals surface area contributed by atoms with Crippen LogP contribution in [0.5, 0.6) is 0 Å². The molecule has 1 aromatic carbocycles. The third-order valence-corrected chi connectivity index (χ3v) is 3.16. The summed E-state index contributed by atoms with van der Waals surface area (Å²) in [5.41, 5.74) is -0.715. The summed E-state index contributed by atoms with van der Waals surface area (Å²) in [4.78, 5) is 21.5. The maximum absolute atomic E-state index is 13.4. The van der Waals surface area contributed by atoms with E-state index in [0.29, 0.717) is 12.2 Å². The average molecular weight is 288 g/mol. The smallest absolute Gasteiger partial charge is 0.270 e. The Morgan fingerprint density at radius 2 is 2.21 bits per heavy atom.